The fraction of sp³-hybridized carbons (Fsp3) is 0.458. The van der Waals surface area contributed by atoms with Crippen molar-refractivity contribution in [2.24, 2.45) is 4.99 Å². The van der Waals surface area contributed by atoms with Gasteiger partial charge in [-0.2, -0.15) is 0 Å². The number of aryl methyl sites for hydroxylation is 1. The maximum atomic E-state index is 5.67. The Balaban J connectivity index is 1.94. The zero-order valence-corrected chi connectivity index (χ0v) is 19.3. The molecule has 2 rings (SSSR count). The summed E-state index contributed by atoms with van der Waals surface area (Å²) in [5.74, 6) is 3.75. The van der Waals surface area contributed by atoms with Gasteiger partial charge >= 0.3 is 0 Å². The summed E-state index contributed by atoms with van der Waals surface area (Å²) in [5.41, 5.74) is 2.19. The maximum absolute atomic E-state index is 5.67. The lowest BCUT2D eigenvalue weighted by molar-refractivity contribution is 0.310. The molecule has 0 aliphatic rings. The first-order valence-corrected chi connectivity index (χ1v) is 10.7. The number of methoxy groups -OCH3 is 3. The molecule has 0 aliphatic heterocycles. The third-order valence-corrected chi connectivity index (χ3v) is 4.70. The lowest BCUT2D eigenvalue weighted by atomic mass is 10.1. The summed E-state index contributed by atoms with van der Waals surface area (Å²) in [7, 11) is 4.94. The molecule has 0 fully saturated rings. The highest BCUT2D eigenvalue weighted by Crippen LogP contribution is 2.31. The summed E-state index contributed by atoms with van der Waals surface area (Å²) in [6, 6.07) is 11.9. The summed E-state index contributed by atoms with van der Waals surface area (Å²) >= 11 is 0. The van der Waals surface area contributed by atoms with E-state index in [2.05, 4.69) is 29.7 Å². The molecule has 0 unspecified atom stereocenters. The molecule has 0 radical (unpaired) electrons. The van der Waals surface area contributed by atoms with Crippen LogP contribution in [0.1, 0.15) is 31.4 Å². The van der Waals surface area contributed by atoms with Gasteiger partial charge < -0.3 is 29.6 Å². The number of nitrogens with zero attached hydrogens (tertiary/aromatic N) is 1. The summed E-state index contributed by atoms with van der Waals surface area (Å²) in [4.78, 5) is 4.70. The molecule has 0 aromatic heterocycles. The molecule has 0 bridgehead atoms. The van der Waals surface area contributed by atoms with Crippen molar-refractivity contribution in [3.05, 3.63) is 47.5 Å². The standard InChI is InChI=1S/C24H35N3O4/c1-6-25-24(27-17-19-11-8-12-21(29-4)23(19)30-5)26-15-9-10-18-13-14-20(28-3)22(16-18)31-7-2/h8,11-14,16H,6-7,9-10,15,17H2,1-5H3,(H2,25,26,27). The molecule has 31 heavy (non-hydrogen) atoms. The SMILES string of the molecule is CCNC(=NCc1cccc(OC)c1OC)NCCCc1ccc(OC)c(OCC)c1. The van der Waals surface area contributed by atoms with E-state index in [4.69, 9.17) is 23.9 Å². The molecule has 0 saturated carbocycles. The van der Waals surface area contributed by atoms with E-state index in [9.17, 15) is 0 Å². The summed E-state index contributed by atoms with van der Waals surface area (Å²) in [6.07, 6.45) is 1.89. The number of ether oxygens (including phenoxy) is 4. The second-order valence-electron chi connectivity index (χ2n) is 6.80. The van der Waals surface area contributed by atoms with E-state index in [0.717, 1.165) is 49.0 Å². The Hall–Kier alpha value is -3.09. The van der Waals surface area contributed by atoms with Crippen LogP contribution in [0.3, 0.4) is 0 Å². The van der Waals surface area contributed by atoms with Crippen LogP contribution in [0.5, 0.6) is 23.0 Å². The predicted octanol–water partition coefficient (Wildman–Crippen LogP) is 3.80. The normalized spacial score (nSPS) is 11.1. The average molecular weight is 430 g/mol. The molecule has 2 aromatic rings. The van der Waals surface area contributed by atoms with Gasteiger partial charge in [0.15, 0.2) is 29.0 Å². The number of aliphatic imine (C=N–C) groups is 1. The van der Waals surface area contributed by atoms with E-state index in [-0.39, 0.29) is 0 Å². The highest BCUT2D eigenvalue weighted by Gasteiger charge is 2.09. The zero-order valence-electron chi connectivity index (χ0n) is 19.3. The van der Waals surface area contributed by atoms with Gasteiger partial charge in [0.05, 0.1) is 34.5 Å². The Morgan fingerprint density at radius 2 is 1.71 bits per heavy atom. The zero-order chi connectivity index (χ0) is 22.5. The smallest absolute Gasteiger partial charge is 0.191 e. The third-order valence-electron chi connectivity index (χ3n) is 4.70. The van der Waals surface area contributed by atoms with Gasteiger partial charge in [0.2, 0.25) is 0 Å². The topological polar surface area (TPSA) is 73.3 Å². The van der Waals surface area contributed by atoms with Crippen molar-refractivity contribution in [3.8, 4) is 23.0 Å². The van der Waals surface area contributed by atoms with Crippen molar-refractivity contribution in [3.63, 3.8) is 0 Å². The Bertz CT molecular complexity index is 840. The fourth-order valence-electron chi connectivity index (χ4n) is 3.23. The number of hydrogen-bond acceptors (Lipinski definition) is 5. The Morgan fingerprint density at radius 3 is 2.39 bits per heavy atom. The van der Waals surface area contributed by atoms with Crippen molar-refractivity contribution in [1.29, 1.82) is 0 Å². The summed E-state index contributed by atoms with van der Waals surface area (Å²) in [6.45, 7) is 6.72. The van der Waals surface area contributed by atoms with Crippen LogP contribution in [0.4, 0.5) is 0 Å². The van der Waals surface area contributed by atoms with Crippen LogP contribution in [-0.2, 0) is 13.0 Å². The van der Waals surface area contributed by atoms with Gasteiger partial charge in [0.25, 0.3) is 0 Å². The number of rotatable bonds is 12. The molecule has 0 spiro atoms. The lowest BCUT2D eigenvalue weighted by Gasteiger charge is -2.14. The minimum absolute atomic E-state index is 0.492. The van der Waals surface area contributed by atoms with Crippen LogP contribution in [0.2, 0.25) is 0 Å². The third kappa shape index (κ3) is 7.27. The first-order valence-electron chi connectivity index (χ1n) is 10.7. The first kappa shape index (κ1) is 24.2. The number of guanidine groups is 1. The van der Waals surface area contributed by atoms with Gasteiger partial charge in [-0.3, -0.25) is 0 Å². The largest absolute Gasteiger partial charge is 0.493 e. The van der Waals surface area contributed by atoms with Crippen LogP contribution < -0.4 is 29.6 Å². The summed E-state index contributed by atoms with van der Waals surface area (Å²) in [5, 5.41) is 6.69. The lowest BCUT2D eigenvalue weighted by Crippen LogP contribution is -2.37. The van der Waals surface area contributed by atoms with Crippen molar-refractivity contribution in [1.82, 2.24) is 10.6 Å². The van der Waals surface area contributed by atoms with E-state index in [0.29, 0.717) is 24.7 Å². The van der Waals surface area contributed by atoms with Crippen LogP contribution in [-0.4, -0.2) is 47.0 Å². The molecule has 7 heteroatoms. The number of para-hydroxylation sites is 1. The van der Waals surface area contributed by atoms with Gasteiger partial charge in [0, 0.05) is 18.7 Å². The van der Waals surface area contributed by atoms with E-state index in [1.54, 1.807) is 21.3 Å². The van der Waals surface area contributed by atoms with Crippen molar-refractivity contribution >= 4 is 5.96 Å². The molecular weight excluding hydrogens is 394 g/mol. The molecule has 0 atom stereocenters. The predicted molar refractivity (Wildman–Crippen MR) is 125 cm³/mol. The van der Waals surface area contributed by atoms with Crippen LogP contribution in [0, 0.1) is 0 Å². The monoisotopic (exact) mass is 429 g/mol. The highest BCUT2D eigenvalue weighted by molar-refractivity contribution is 5.79. The molecule has 2 N–H and O–H groups in total. The minimum Gasteiger partial charge on any atom is -0.493 e. The van der Waals surface area contributed by atoms with Gasteiger partial charge in [-0.25, -0.2) is 4.99 Å². The Morgan fingerprint density at radius 1 is 0.903 bits per heavy atom. The van der Waals surface area contributed by atoms with Crippen molar-refractivity contribution in [2.45, 2.75) is 33.2 Å². The van der Waals surface area contributed by atoms with Crippen LogP contribution >= 0.6 is 0 Å². The Kier molecular flexibility index (Phi) is 10.3. The molecule has 0 amide bonds. The first-order chi connectivity index (χ1) is 15.2. The Labute approximate surface area is 185 Å². The minimum atomic E-state index is 0.492. The second kappa shape index (κ2) is 13.3. The molecule has 0 saturated heterocycles. The number of benzene rings is 2. The molecule has 170 valence electrons. The highest BCUT2D eigenvalue weighted by atomic mass is 16.5. The maximum Gasteiger partial charge on any atom is 0.191 e. The van der Waals surface area contributed by atoms with Crippen LogP contribution in [0.15, 0.2) is 41.4 Å². The summed E-state index contributed by atoms with van der Waals surface area (Å²) < 4.78 is 21.9. The number of hydrogen-bond donors (Lipinski definition) is 2. The molecule has 7 nitrogen and oxygen atoms in total. The van der Waals surface area contributed by atoms with E-state index in [1.807, 2.05) is 31.2 Å². The molecule has 0 heterocycles. The van der Waals surface area contributed by atoms with Gasteiger partial charge in [-0.15, -0.1) is 0 Å². The van der Waals surface area contributed by atoms with E-state index < -0.39 is 0 Å². The molecular formula is C24H35N3O4. The fourth-order valence-corrected chi connectivity index (χ4v) is 3.23. The quantitative estimate of drug-likeness (QED) is 0.304. The van der Waals surface area contributed by atoms with Gasteiger partial charge in [-0.05, 0) is 50.5 Å². The van der Waals surface area contributed by atoms with Crippen molar-refractivity contribution < 1.29 is 18.9 Å². The second-order valence-corrected chi connectivity index (χ2v) is 6.80. The van der Waals surface area contributed by atoms with Gasteiger partial charge in [0.1, 0.15) is 0 Å². The molecule has 2 aromatic carbocycles. The average Bonchev–Trinajstić information content (AvgIpc) is 2.80. The van der Waals surface area contributed by atoms with Crippen LogP contribution in [0.25, 0.3) is 0 Å². The number of nitrogens with one attached hydrogen (secondary N) is 2. The van der Waals surface area contributed by atoms with Crippen molar-refractivity contribution in [2.75, 3.05) is 41.0 Å². The van der Waals surface area contributed by atoms with E-state index in [1.165, 1.54) is 5.56 Å². The van der Waals surface area contributed by atoms with E-state index >= 15 is 0 Å². The van der Waals surface area contributed by atoms with Gasteiger partial charge in [-0.1, -0.05) is 18.2 Å². The molecule has 0 aliphatic carbocycles.